The summed E-state index contributed by atoms with van der Waals surface area (Å²) in [5, 5.41) is 9.63. The SMILES string of the molecule is COCC(O)CN(C)C(=O)c1ccc2ncsc2c1. The van der Waals surface area contributed by atoms with E-state index in [0.717, 1.165) is 10.2 Å². The highest BCUT2D eigenvalue weighted by molar-refractivity contribution is 7.16. The van der Waals surface area contributed by atoms with Crippen LogP contribution in [0.5, 0.6) is 0 Å². The van der Waals surface area contributed by atoms with Crippen molar-refractivity contribution in [1.29, 1.82) is 0 Å². The summed E-state index contributed by atoms with van der Waals surface area (Å²) in [6.07, 6.45) is -0.675. The molecule has 0 aliphatic carbocycles. The van der Waals surface area contributed by atoms with Crippen molar-refractivity contribution in [3.8, 4) is 0 Å². The van der Waals surface area contributed by atoms with Crippen molar-refractivity contribution >= 4 is 27.5 Å². The smallest absolute Gasteiger partial charge is 0.253 e. The Bertz CT molecular complexity index is 570. The molecule has 1 unspecified atom stereocenters. The predicted molar refractivity (Wildman–Crippen MR) is 74.5 cm³/mol. The van der Waals surface area contributed by atoms with E-state index in [1.54, 1.807) is 18.6 Å². The number of hydrogen-bond donors (Lipinski definition) is 1. The standard InChI is InChI=1S/C13H16N2O3S/c1-15(6-10(16)7-18-2)13(17)9-3-4-11-12(5-9)19-8-14-11/h3-5,8,10,16H,6-7H2,1-2H3. The van der Waals surface area contributed by atoms with Gasteiger partial charge in [0.15, 0.2) is 0 Å². The molecular formula is C13H16N2O3S. The number of likely N-dealkylation sites (N-methyl/N-ethyl adjacent to an activating group) is 1. The molecular weight excluding hydrogens is 264 g/mol. The Kier molecular flexibility index (Phi) is 4.47. The van der Waals surface area contributed by atoms with Gasteiger partial charge in [0, 0.05) is 26.3 Å². The summed E-state index contributed by atoms with van der Waals surface area (Å²) < 4.78 is 5.83. The summed E-state index contributed by atoms with van der Waals surface area (Å²) in [6.45, 7) is 0.457. The molecule has 19 heavy (non-hydrogen) atoms. The predicted octanol–water partition coefficient (Wildman–Crippen LogP) is 1.38. The second-order valence-corrected chi connectivity index (χ2v) is 5.22. The number of ether oxygens (including phenoxy) is 1. The lowest BCUT2D eigenvalue weighted by atomic mass is 10.2. The van der Waals surface area contributed by atoms with Gasteiger partial charge in [0.2, 0.25) is 0 Å². The van der Waals surface area contributed by atoms with E-state index in [1.165, 1.54) is 23.3 Å². The molecule has 1 aromatic carbocycles. The summed E-state index contributed by atoms with van der Waals surface area (Å²) in [6, 6.07) is 5.41. The molecule has 1 heterocycles. The number of hydrogen-bond acceptors (Lipinski definition) is 5. The van der Waals surface area contributed by atoms with E-state index in [-0.39, 0.29) is 19.1 Å². The Labute approximate surface area is 115 Å². The lowest BCUT2D eigenvalue weighted by Crippen LogP contribution is -2.36. The van der Waals surface area contributed by atoms with E-state index in [1.807, 2.05) is 12.1 Å². The summed E-state index contributed by atoms with van der Waals surface area (Å²) in [5.41, 5.74) is 3.25. The third-order valence-corrected chi connectivity index (χ3v) is 3.56. The molecule has 0 spiro atoms. The number of carbonyl (C=O) groups excluding carboxylic acids is 1. The Balaban J connectivity index is 2.09. The van der Waals surface area contributed by atoms with Gasteiger partial charge < -0.3 is 14.7 Å². The highest BCUT2D eigenvalue weighted by atomic mass is 32.1. The normalized spacial score (nSPS) is 12.6. The van der Waals surface area contributed by atoms with Crippen LogP contribution in [0.1, 0.15) is 10.4 Å². The second kappa shape index (κ2) is 6.10. The van der Waals surface area contributed by atoms with E-state index >= 15 is 0 Å². The molecule has 2 aromatic rings. The molecule has 0 saturated carbocycles. The fraction of sp³-hybridized carbons (Fsp3) is 0.385. The first kappa shape index (κ1) is 13.9. The zero-order valence-corrected chi connectivity index (χ0v) is 11.7. The molecule has 0 saturated heterocycles. The first-order valence-corrected chi connectivity index (χ1v) is 6.75. The van der Waals surface area contributed by atoms with Crippen LogP contribution in [0, 0.1) is 0 Å². The number of aliphatic hydroxyl groups excluding tert-OH is 1. The number of benzene rings is 1. The number of aliphatic hydroxyl groups is 1. The molecule has 1 aromatic heterocycles. The van der Waals surface area contributed by atoms with E-state index in [0.29, 0.717) is 5.56 Å². The summed E-state index contributed by atoms with van der Waals surface area (Å²) >= 11 is 1.50. The molecule has 0 aliphatic heterocycles. The molecule has 1 N–H and O–H groups in total. The minimum atomic E-state index is -0.675. The number of rotatable bonds is 5. The van der Waals surface area contributed by atoms with Crippen molar-refractivity contribution in [3.05, 3.63) is 29.3 Å². The van der Waals surface area contributed by atoms with Crippen molar-refractivity contribution in [2.45, 2.75) is 6.10 Å². The number of carbonyl (C=O) groups is 1. The number of thiazole rings is 1. The van der Waals surface area contributed by atoms with Gasteiger partial charge in [-0.25, -0.2) is 4.98 Å². The zero-order valence-electron chi connectivity index (χ0n) is 10.9. The van der Waals surface area contributed by atoms with Gasteiger partial charge in [-0.1, -0.05) is 0 Å². The Morgan fingerprint density at radius 1 is 1.58 bits per heavy atom. The lowest BCUT2D eigenvalue weighted by Gasteiger charge is -2.20. The summed E-state index contributed by atoms with van der Waals surface area (Å²) in [7, 11) is 3.18. The van der Waals surface area contributed by atoms with Crippen LogP contribution in [0.4, 0.5) is 0 Å². The third-order valence-electron chi connectivity index (χ3n) is 2.77. The first-order chi connectivity index (χ1) is 9.11. The van der Waals surface area contributed by atoms with E-state index < -0.39 is 6.10 Å². The van der Waals surface area contributed by atoms with Crippen LogP contribution < -0.4 is 0 Å². The van der Waals surface area contributed by atoms with Gasteiger partial charge in [0.05, 0.1) is 28.4 Å². The molecule has 1 atom stereocenters. The Morgan fingerprint density at radius 3 is 3.11 bits per heavy atom. The highest BCUT2D eigenvalue weighted by Crippen LogP contribution is 2.19. The van der Waals surface area contributed by atoms with Crippen molar-refractivity contribution in [2.75, 3.05) is 27.3 Å². The zero-order chi connectivity index (χ0) is 13.8. The van der Waals surface area contributed by atoms with Crippen LogP contribution in [0.25, 0.3) is 10.2 Å². The van der Waals surface area contributed by atoms with E-state index in [2.05, 4.69) is 4.98 Å². The maximum atomic E-state index is 12.2. The van der Waals surface area contributed by atoms with Crippen molar-refractivity contribution < 1.29 is 14.6 Å². The minimum Gasteiger partial charge on any atom is -0.389 e. The lowest BCUT2D eigenvalue weighted by molar-refractivity contribution is 0.0380. The van der Waals surface area contributed by atoms with Crippen LogP contribution in [0.15, 0.2) is 23.7 Å². The Hall–Kier alpha value is -1.50. The van der Waals surface area contributed by atoms with Gasteiger partial charge in [0.25, 0.3) is 5.91 Å². The number of methoxy groups -OCH3 is 1. The average Bonchev–Trinajstić information content (AvgIpc) is 2.85. The quantitative estimate of drug-likeness (QED) is 0.898. The summed E-state index contributed by atoms with van der Waals surface area (Å²) in [5.74, 6) is -0.120. The van der Waals surface area contributed by atoms with Gasteiger partial charge in [-0.15, -0.1) is 11.3 Å². The van der Waals surface area contributed by atoms with Crippen LogP contribution in [-0.4, -0.2) is 54.3 Å². The van der Waals surface area contributed by atoms with Crippen LogP contribution in [0.2, 0.25) is 0 Å². The monoisotopic (exact) mass is 280 g/mol. The number of aromatic nitrogens is 1. The maximum Gasteiger partial charge on any atom is 0.253 e. The first-order valence-electron chi connectivity index (χ1n) is 5.87. The van der Waals surface area contributed by atoms with Gasteiger partial charge >= 0.3 is 0 Å². The van der Waals surface area contributed by atoms with Crippen molar-refractivity contribution in [3.63, 3.8) is 0 Å². The van der Waals surface area contributed by atoms with Crippen molar-refractivity contribution in [1.82, 2.24) is 9.88 Å². The second-order valence-electron chi connectivity index (χ2n) is 4.33. The molecule has 2 rings (SSSR count). The number of fused-ring (bicyclic) bond motifs is 1. The highest BCUT2D eigenvalue weighted by Gasteiger charge is 2.16. The molecule has 6 heteroatoms. The van der Waals surface area contributed by atoms with E-state index in [9.17, 15) is 9.90 Å². The molecule has 5 nitrogen and oxygen atoms in total. The number of amides is 1. The topological polar surface area (TPSA) is 62.7 Å². The Morgan fingerprint density at radius 2 is 2.37 bits per heavy atom. The fourth-order valence-electron chi connectivity index (χ4n) is 1.85. The fourth-order valence-corrected chi connectivity index (χ4v) is 2.57. The molecule has 0 radical (unpaired) electrons. The van der Waals surface area contributed by atoms with Gasteiger partial charge in [-0.05, 0) is 18.2 Å². The minimum absolute atomic E-state index is 0.120. The largest absolute Gasteiger partial charge is 0.389 e. The molecule has 0 bridgehead atoms. The molecule has 0 aliphatic rings. The molecule has 1 amide bonds. The van der Waals surface area contributed by atoms with Crippen LogP contribution >= 0.6 is 11.3 Å². The maximum absolute atomic E-state index is 12.2. The third kappa shape index (κ3) is 3.28. The van der Waals surface area contributed by atoms with Crippen molar-refractivity contribution in [2.24, 2.45) is 0 Å². The van der Waals surface area contributed by atoms with Gasteiger partial charge in [-0.2, -0.15) is 0 Å². The summed E-state index contributed by atoms with van der Waals surface area (Å²) in [4.78, 5) is 17.9. The molecule has 102 valence electrons. The van der Waals surface area contributed by atoms with Gasteiger partial charge in [0.1, 0.15) is 0 Å². The molecule has 0 fully saturated rings. The van der Waals surface area contributed by atoms with Crippen LogP contribution in [0.3, 0.4) is 0 Å². The average molecular weight is 280 g/mol. The van der Waals surface area contributed by atoms with Gasteiger partial charge in [-0.3, -0.25) is 4.79 Å². The number of nitrogens with zero attached hydrogens (tertiary/aromatic N) is 2. The van der Waals surface area contributed by atoms with E-state index in [4.69, 9.17) is 4.74 Å². The van der Waals surface area contributed by atoms with Crippen LogP contribution in [-0.2, 0) is 4.74 Å².